The molecule has 0 bridgehead atoms. The molecular weight excluding hydrogens is 314 g/mol. The van der Waals surface area contributed by atoms with Crippen molar-refractivity contribution in [3.63, 3.8) is 0 Å². The zero-order valence-electron chi connectivity index (χ0n) is 14.6. The van der Waals surface area contributed by atoms with E-state index in [1.807, 2.05) is 24.3 Å². The molecule has 2 aromatic rings. The number of anilines is 1. The van der Waals surface area contributed by atoms with Gasteiger partial charge in [-0.1, -0.05) is 18.2 Å². The second kappa shape index (κ2) is 8.42. The van der Waals surface area contributed by atoms with Crippen LogP contribution in [0.5, 0.6) is 11.5 Å². The Bertz CT molecular complexity index is 743. The van der Waals surface area contributed by atoms with Crippen LogP contribution in [0.3, 0.4) is 0 Å². The Morgan fingerprint density at radius 3 is 2.80 bits per heavy atom. The highest BCUT2D eigenvalue weighted by molar-refractivity contribution is 5.93. The SMILES string of the molecule is COc1cccc(OCCN=C(N)Nc2cccc3c2CCCC3)c1. The van der Waals surface area contributed by atoms with Crippen molar-refractivity contribution in [2.75, 3.05) is 25.6 Å². The molecule has 0 atom stereocenters. The Morgan fingerprint density at radius 1 is 1.12 bits per heavy atom. The number of nitrogens with two attached hydrogens (primary N) is 1. The Labute approximate surface area is 148 Å². The number of hydrogen-bond donors (Lipinski definition) is 2. The molecule has 25 heavy (non-hydrogen) atoms. The van der Waals surface area contributed by atoms with Crippen molar-refractivity contribution >= 4 is 11.6 Å². The summed E-state index contributed by atoms with van der Waals surface area (Å²) in [6.07, 6.45) is 4.75. The second-order valence-corrected chi connectivity index (χ2v) is 6.07. The Hall–Kier alpha value is -2.69. The van der Waals surface area contributed by atoms with Gasteiger partial charge in [-0.2, -0.15) is 0 Å². The van der Waals surface area contributed by atoms with Crippen molar-refractivity contribution in [3.05, 3.63) is 53.6 Å². The highest BCUT2D eigenvalue weighted by Crippen LogP contribution is 2.27. The van der Waals surface area contributed by atoms with Gasteiger partial charge in [0.1, 0.15) is 18.1 Å². The number of methoxy groups -OCH3 is 1. The molecule has 0 unspecified atom stereocenters. The van der Waals surface area contributed by atoms with Crippen LogP contribution >= 0.6 is 0 Å². The molecule has 0 heterocycles. The molecule has 0 amide bonds. The maximum atomic E-state index is 6.03. The number of nitrogens with one attached hydrogen (secondary N) is 1. The average Bonchev–Trinajstić information content (AvgIpc) is 2.66. The van der Waals surface area contributed by atoms with Gasteiger partial charge in [0.05, 0.1) is 13.7 Å². The molecule has 3 rings (SSSR count). The van der Waals surface area contributed by atoms with Gasteiger partial charge < -0.3 is 20.5 Å². The third kappa shape index (κ3) is 4.66. The molecule has 5 nitrogen and oxygen atoms in total. The maximum absolute atomic E-state index is 6.03. The summed E-state index contributed by atoms with van der Waals surface area (Å²) in [5.74, 6) is 1.96. The first kappa shape index (κ1) is 17.1. The van der Waals surface area contributed by atoms with Crippen molar-refractivity contribution in [2.45, 2.75) is 25.7 Å². The van der Waals surface area contributed by atoms with E-state index in [9.17, 15) is 0 Å². The predicted octanol–water partition coefficient (Wildman–Crippen LogP) is 3.38. The minimum absolute atomic E-state index is 0.424. The molecule has 132 valence electrons. The Balaban J connectivity index is 1.52. The van der Waals surface area contributed by atoms with Gasteiger partial charge in [-0.25, -0.2) is 4.99 Å². The average molecular weight is 339 g/mol. The Morgan fingerprint density at radius 2 is 1.92 bits per heavy atom. The number of ether oxygens (including phenoxy) is 2. The van der Waals surface area contributed by atoms with E-state index in [0.717, 1.165) is 30.0 Å². The molecule has 3 N–H and O–H groups in total. The van der Waals surface area contributed by atoms with E-state index < -0.39 is 0 Å². The lowest BCUT2D eigenvalue weighted by atomic mass is 9.90. The number of rotatable bonds is 6. The van der Waals surface area contributed by atoms with E-state index in [-0.39, 0.29) is 0 Å². The van der Waals surface area contributed by atoms with E-state index in [2.05, 4.69) is 28.5 Å². The van der Waals surface area contributed by atoms with Crippen molar-refractivity contribution in [1.82, 2.24) is 0 Å². The number of benzene rings is 2. The van der Waals surface area contributed by atoms with Crippen LogP contribution in [-0.2, 0) is 12.8 Å². The molecule has 0 fully saturated rings. The van der Waals surface area contributed by atoms with Crippen LogP contribution < -0.4 is 20.5 Å². The largest absolute Gasteiger partial charge is 0.497 e. The molecule has 0 aromatic heterocycles. The van der Waals surface area contributed by atoms with Crippen LogP contribution in [0.2, 0.25) is 0 Å². The molecule has 1 aliphatic rings. The molecule has 0 saturated carbocycles. The zero-order valence-corrected chi connectivity index (χ0v) is 14.6. The molecule has 0 spiro atoms. The quantitative estimate of drug-likeness (QED) is 0.481. The second-order valence-electron chi connectivity index (χ2n) is 6.07. The third-order valence-electron chi connectivity index (χ3n) is 4.34. The highest BCUT2D eigenvalue weighted by Gasteiger charge is 2.12. The number of fused-ring (bicyclic) bond motifs is 1. The number of aryl methyl sites for hydroxylation is 1. The normalized spacial score (nSPS) is 13.9. The van der Waals surface area contributed by atoms with Crippen molar-refractivity contribution in [1.29, 1.82) is 0 Å². The fourth-order valence-corrected chi connectivity index (χ4v) is 3.10. The monoisotopic (exact) mass is 339 g/mol. The zero-order chi connectivity index (χ0) is 17.5. The molecule has 1 aliphatic carbocycles. The summed E-state index contributed by atoms with van der Waals surface area (Å²) in [6, 6.07) is 13.9. The van der Waals surface area contributed by atoms with Gasteiger partial charge in [0.2, 0.25) is 0 Å². The van der Waals surface area contributed by atoms with Crippen LogP contribution in [0, 0.1) is 0 Å². The molecule has 5 heteroatoms. The van der Waals surface area contributed by atoms with Gasteiger partial charge in [0.15, 0.2) is 5.96 Å². The number of hydrogen-bond acceptors (Lipinski definition) is 3. The smallest absolute Gasteiger partial charge is 0.193 e. The van der Waals surface area contributed by atoms with E-state index in [1.165, 1.54) is 24.0 Å². The molecule has 0 aliphatic heterocycles. The van der Waals surface area contributed by atoms with E-state index in [0.29, 0.717) is 19.1 Å². The summed E-state index contributed by atoms with van der Waals surface area (Å²) in [5.41, 5.74) is 9.90. The standard InChI is InChI=1S/C20H25N3O2/c1-24-16-8-5-9-17(14-16)25-13-12-22-20(21)23-19-11-4-7-15-6-2-3-10-18(15)19/h4-5,7-9,11,14H,2-3,6,10,12-13H2,1H3,(H3,21,22,23). The van der Waals surface area contributed by atoms with Gasteiger partial charge in [0.25, 0.3) is 0 Å². The maximum Gasteiger partial charge on any atom is 0.193 e. The molecule has 0 saturated heterocycles. The lowest BCUT2D eigenvalue weighted by Crippen LogP contribution is -2.25. The summed E-state index contributed by atoms with van der Waals surface area (Å²) in [4.78, 5) is 4.35. The van der Waals surface area contributed by atoms with Gasteiger partial charge >= 0.3 is 0 Å². The molecule has 0 radical (unpaired) electrons. The summed E-state index contributed by atoms with van der Waals surface area (Å²) in [7, 11) is 1.64. The van der Waals surface area contributed by atoms with Crippen molar-refractivity contribution < 1.29 is 9.47 Å². The fourth-order valence-electron chi connectivity index (χ4n) is 3.10. The summed E-state index contributed by atoms with van der Waals surface area (Å²) in [5, 5.41) is 3.24. The molecule has 2 aromatic carbocycles. The minimum atomic E-state index is 0.424. The van der Waals surface area contributed by atoms with Gasteiger partial charge in [-0.05, 0) is 55.0 Å². The van der Waals surface area contributed by atoms with Crippen LogP contribution in [0.4, 0.5) is 5.69 Å². The van der Waals surface area contributed by atoms with Crippen LogP contribution in [-0.4, -0.2) is 26.2 Å². The van der Waals surface area contributed by atoms with E-state index >= 15 is 0 Å². The van der Waals surface area contributed by atoms with Crippen LogP contribution in [0.15, 0.2) is 47.5 Å². The predicted molar refractivity (Wildman–Crippen MR) is 102 cm³/mol. The van der Waals surface area contributed by atoms with Crippen molar-refractivity contribution in [3.8, 4) is 11.5 Å². The topological polar surface area (TPSA) is 68.9 Å². The number of aliphatic imine (C=N–C) groups is 1. The minimum Gasteiger partial charge on any atom is -0.497 e. The van der Waals surface area contributed by atoms with Crippen LogP contribution in [0.1, 0.15) is 24.0 Å². The van der Waals surface area contributed by atoms with Crippen molar-refractivity contribution in [2.24, 2.45) is 10.7 Å². The lowest BCUT2D eigenvalue weighted by Gasteiger charge is -2.19. The summed E-state index contributed by atoms with van der Waals surface area (Å²) < 4.78 is 10.8. The van der Waals surface area contributed by atoms with Gasteiger partial charge in [-0.15, -0.1) is 0 Å². The lowest BCUT2D eigenvalue weighted by molar-refractivity contribution is 0.325. The van der Waals surface area contributed by atoms with E-state index in [1.54, 1.807) is 7.11 Å². The number of guanidine groups is 1. The highest BCUT2D eigenvalue weighted by atomic mass is 16.5. The van der Waals surface area contributed by atoms with Gasteiger partial charge in [-0.3, -0.25) is 0 Å². The summed E-state index contributed by atoms with van der Waals surface area (Å²) >= 11 is 0. The number of nitrogens with zero attached hydrogens (tertiary/aromatic N) is 1. The molecular formula is C20H25N3O2. The Kier molecular flexibility index (Phi) is 5.77. The fraction of sp³-hybridized carbons (Fsp3) is 0.350. The first-order chi connectivity index (χ1) is 12.3. The first-order valence-electron chi connectivity index (χ1n) is 8.71. The van der Waals surface area contributed by atoms with Gasteiger partial charge in [0, 0.05) is 11.8 Å². The third-order valence-corrected chi connectivity index (χ3v) is 4.34. The van der Waals surface area contributed by atoms with Crippen LogP contribution in [0.25, 0.3) is 0 Å². The summed E-state index contributed by atoms with van der Waals surface area (Å²) in [6.45, 7) is 0.952. The first-order valence-corrected chi connectivity index (χ1v) is 8.71. The van der Waals surface area contributed by atoms with E-state index in [4.69, 9.17) is 15.2 Å².